The van der Waals surface area contributed by atoms with Gasteiger partial charge in [0.05, 0.1) is 0 Å². The van der Waals surface area contributed by atoms with Crippen molar-refractivity contribution in [3.8, 4) is 0 Å². The summed E-state index contributed by atoms with van der Waals surface area (Å²) in [5.74, 6) is 0. The van der Waals surface area contributed by atoms with Gasteiger partial charge in [-0.15, -0.1) is 0 Å². The molecule has 26 heavy (non-hydrogen) atoms. The molecule has 0 aromatic rings. The van der Waals surface area contributed by atoms with E-state index in [1.165, 1.54) is 126 Å². The monoisotopic (exact) mass is 382 g/mol. The van der Waals surface area contributed by atoms with Crippen LogP contribution in [0.2, 0.25) is 5.04 Å². The predicted octanol–water partition coefficient (Wildman–Crippen LogP) is 8.76. The fraction of sp³-hybridized carbons (Fsp3) is 1.00. The number of unbranched alkanes of at least 4 members (excludes halogenated alkanes) is 15. The standard InChI is InChI=1S/C25H54Si/c1-4-7-10-13-16-19-22-25(26,23-20-17-14-11-8-5-2)24-21-18-15-12-9-6-3/h4-24H2,1-3,26H3. The lowest BCUT2D eigenvalue weighted by Crippen LogP contribution is -2.13. The van der Waals surface area contributed by atoms with E-state index in [9.17, 15) is 0 Å². The summed E-state index contributed by atoms with van der Waals surface area (Å²) in [6, 6.07) is 0. The Kier molecular flexibility index (Phi) is 20.1. The van der Waals surface area contributed by atoms with Crippen LogP contribution in [0.25, 0.3) is 0 Å². The highest BCUT2D eigenvalue weighted by Gasteiger charge is 2.22. The minimum Gasteiger partial charge on any atom is -0.0654 e. The molecule has 0 aliphatic heterocycles. The van der Waals surface area contributed by atoms with Gasteiger partial charge in [-0.3, -0.25) is 0 Å². The molecule has 0 bridgehead atoms. The molecule has 0 heterocycles. The Morgan fingerprint density at radius 2 is 0.615 bits per heavy atom. The first-order valence-corrected chi connectivity index (χ1v) is 13.7. The largest absolute Gasteiger partial charge is 0.0654 e. The average Bonchev–Trinajstić information content (AvgIpc) is 2.64. The van der Waals surface area contributed by atoms with E-state index in [-0.39, 0.29) is 0 Å². The molecule has 0 fully saturated rings. The van der Waals surface area contributed by atoms with E-state index in [0.717, 1.165) is 5.04 Å². The van der Waals surface area contributed by atoms with Crippen LogP contribution in [0.3, 0.4) is 0 Å². The zero-order valence-corrected chi connectivity index (χ0v) is 21.3. The van der Waals surface area contributed by atoms with Crippen molar-refractivity contribution in [3.63, 3.8) is 0 Å². The SMILES string of the molecule is CCCCCCCCC([SiH3])(CCCCCCCC)CCCCCCCC. The average molecular weight is 383 g/mol. The quantitative estimate of drug-likeness (QED) is 0.137. The van der Waals surface area contributed by atoms with Crippen LogP contribution in [0, 0.1) is 0 Å². The van der Waals surface area contributed by atoms with Crippen LogP contribution in [0.4, 0.5) is 0 Å². The third-order valence-corrected chi connectivity index (χ3v) is 7.90. The molecule has 0 rings (SSSR count). The summed E-state index contributed by atoms with van der Waals surface area (Å²) in [5, 5.41) is 0.778. The van der Waals surface area contributed by atoms with Crippen molar-refractivity contribution in [1.82, 2.24) is 0 Å². The topological polar surface area (TPSA) is 0 Å². The molecule has 0 aliphatic rings. The fourth-order valence-electron chi connectivity index (χ4n) is 4.37. The van der Waals surface area contributed by atoms with Crippen molar-refractivity contribution in [3.05, 3.63) is 0 Å². The van der Waals surface area contributed by atoms with E-state index >= 15 is 0 Å². The lowest BCUT2D eigenvalue weighted by Gasteiger charge is -2.30. The molecule has 0 saturated heterocycles. The van der Waals surface area contributed by atoms with Gasteiger partial charge in [-0.2, -0.15) is 0 Å². The summed E-state index contributed by atoms with van der Waals surface area (Å²) >= 11 is 0. The minimum atomic E-state index is 0.778. The van der Waals surface area contributed by atoms with E-state index in [2.05, 4.69) is 20.8 Å². The molecule has 0 amide bonds. The lowest BCUT2D eigenvalue weighted by atomic mass is 9.88. The van der Waals surface area contributed by atoms with E-state index in [0.29, 0.717) is 0 Å². The molecule has 0 atom stereocenters. The van der Waals surface area contributed by atoms with Crippen LogP contribution in [0.5, 0.6) is 0 Å². The molecule has 0 aromatic carbocycles. The highest BCUT2D eigenvalue weighted by Crippen LogP contribution is 2.41. The van der Waals surface area contributed by atoms with Crippen LogP contribution >= 0.6 is 0 Å². The van der Waals surface area contributed by atoms with Gasteiger partial charge in [0.2, 0.25) is 0 Å². The highest BCUT2D eigenvalue weighted by molar-refractivity contribution is 6.15. The Morgan fingerprint density at radius 1 is 0.385 bits per heavy atom. The minimum absolute atomic E-state index is 0.778. The van der Waals surface area contributed by atoms with Gasteiger partial charge in [-0.25, -0.2) is 0 Å². The molecule has 0 unspecified atom stereocenters. The molecule has 0 nitrogen and oxygen atoms in total. The van der Waals surface area contributed by atoms with Crippen molar-refractivity contribution >= 4 is 10.2 Å². The summed E-state index contributed by atoms with van der Waals surface area (Å²) in [6.07, 6.45) is 31.0. The third kappa shape index (κ3) is 17.6. The lowest BCUT2D eigenvalue weighted by molar-refractivity contribution is 0.385. The number of hydrogen-bond donors (Lipinski definition) is 0. The van der Waals surface area contributed by atoms with Crippen molar-refractivity contribution in [2.45, 2.75) is 161 Å². The van der Waals surface area contributed by atoms with E-state index < -0.39 is 0 Å². The van der Waals surface area contributed by atoms with Crippen LogP contribution in [0.15, 0.2) is 0 Å². The number of rotatable bonds is 21. The second-order valence-corrected chi connectivity index (χ2v) is 11.5. The molecule has 0 radical (unpaired) electrons. The van der Waals surface area contributed by atoms with E-state index in [4.69, 9.17) is 0 Å². The second-order valence-electron chi connectivity index (χ2n) is 9.36. The molecule has 0 aliphatic carbocycles. The van der Waals surface area contributed by atoms with Gasteiger partial charge in [0, 0.05) is 10.2 Å². The van der Waals surface area contributed by atoms with Gasteiger partial charge in [0.1, 0.15) is 0 Å². The van der Waals surface area contributed by atoms with Crippen molar-refractivity contribution in [2.24, 2.45) is 0 Å². The fourth-order valence-corrected chi connectivity index (χ4v) is 5.43. The van der Waals surface area contributed by atoms with Gasteiger partial charge in [-0.05, 0) is 5.04 Å². The van der Waals surface area contributed by atoms with Gasteiger partial charge in [-0.1, -0.05) is 156 Å². The van der Waals surface area contributed by atoms with Crippen LogP contribution in [-0.4, -0.2) is 10.2 Å². The van der Waals surface area contributed by atoms with Crippen molar-refractivity contribution < 1.29 is 0 Å². The summed E-state index contributed by atoms with van der Waals surface area (Å²) in [7, 11) is 1.43. The van der Waals surface area contributed by atoms with Crippen LogP contribution in [-0.2, 0) is 0 Å². The molecule has 0 saturated carbocycles. The second kappa shape index (κ2) is 20.0. The Balaban J connectivity index is 4.02. The summed E-state index contributed by atoms with van der Waals surface area (Å²) in [5.41, 5.74) is 0. The normalized spacial score (nSPS) is 12.1. The van der Waals surface area contributed by atoms with Crippen molar-refractivity contribution in [1.29, 1.82) is 0 Å². The molecule has 0 aromatic heterocycles. The smallest absolute Gasteiger partial charge is 0.0106 e. The Morgan fingerprint density at radius 3 is 0.885 bits per heavy atom. The molecule has 1 heteroatoms. The molecule has 0 N–H and O–H groups in total. The van der Waals surface area contributed by atoms with Gasteiger partial charge >= 0.3 is 0 Å². The Bertz CT molecular complexity index is 220. The molecular weight excluding hydrogens is 328 g/mol. The van der Waals surface area contributed by atoms with Crippen molar-refractivity contribution in [2.75, 3.05) is 0 Å². The summed E-state index contributed by atoms with van der Waals surface area (Å²) < 4.78 is 0. The maximum absolute atomic E-state index is 2.32. The van der Waals surface area contributed by atoms with E-state index in [1.54, 1.807) is 19.3 Å². The molecular formula is C25H54Si. The first-order valence-electron chi connectivity index (χ1n) is 12.7. The van der Waals surface area contributed by atoms with E-state index in [1.807, 2.05) is 0 Å². The Hall–Kier alpha value is 0.217. The summed E-state index contributed by atoms with van der Waals surface area (Å²) in [6.45, 7) is 6.97. The predicted molar refractivity (Wildman–Crippen MR) is 127 cm³/mol. The van der Waals surface area contributed by atoms with Crippen LogP contribution < -0.4 is 0 Å². The first kappa shape index (κ1) is 26.2. The van der Waals surface area contributed by atoms with Gasteiger partial charge in [0.25, 0.3) is 0 Å². The maximum Gasteiger partial charge on any atom is 0.0106 e. The van der Waals surface area contributed by atoms with Gasteiger partial charge in [0.15, 0.2) is 0 Å². The zero-order valence-electron chi connectivity index (χ0n) is 19.3. The summed E-state index contributed by atoms with van der Waals surface area (Å²) in [4.78, 5) is 0. The maximum atomic E-state index is 2.32. The molecule has 0 spiro atoms. The van der Waals surface area contributed by atoms with Crippen LogP contribution in [0.1, 0.15) is 156 Å². The zero-order chi connectivity index (χ0) is 19.3. The first-order chi connectivity index (χ1) is 12.7. The Labute approximate surface area is 171 Å². The third-order valence-electron chi connectivity index (χ3n) is 6.40. The van der Waals surface area contributed by atoms with Gasteiger partial charge < -0.3 is 0 Å². The highest BCUT2D eigenvalue weighted by atomic mass is 28.1. The number of hydrogen-bond acceptors (Lipinski definition) is 0. The molecule has 158 valence electrons.